The largest absolute Gasteiger partial charge is 0.508 e. The number of phenols is 1. The first-order chi connectivity index (χ1) is 33.1. The number of cyclic esters (lactones) is 1. The molecule has 0 saturated carbocycles. The van der Waals surface area contributed by atoms with Crippen LogP contribution in [-0.2, 0) is 52.8 Å². The summed E-state index contributed by atoms with van der Waals surface area (Å²) in [6, 6.07) is 23.2. The van der Waals surface area contributed by atoms with E-state index in [1.54, 1.807) is 32.5 Å². The van der Waals surface area contributed by atoms with Crippen LogP contribution in [0.4, 0.5) is 0 Å². The van der Waals surface area contributed by atoms with Gasteiger partial charge in [0.1, 0.15) is 29.4 Å². The molecule has 8 rings (SSSR count). The number of rotatable bonds is 10. The molecule has 3 aromatic carbocycles. The molecule has 14 nitrogen and oxygen atoms in total. The Labute approximate surface area is 412 Å². The number of phenolic OH excluding ortho intramolecular Hbond substituents is 1. The van der Waals surface area contributed by atoms with Gasteiger partial charge < -0.3 is 34.1 Å². The van der Waals surface area contributed by atoms with E-state index in [0.717, 1.165) is 44.4 Å². The molecule has 2 fully saturated rings. The summed E-state index contributed by atoms with van der Waals surface area (Å²) >= 11 is 4.75. The number of hydrogen-bond donors (Lipinski definition) is 4. The molecule has 6 atom stereocenters. The van der Waals surface area contributed by atoms with Crippen molar-refractivity contribution in [3.05, 3.63) is 107 Å². The SMILES string of the molecule is CCn1c(-c2cccnc2C(S)OC)c2c3cc(ccc31)-c1cc(O)cc(c1)C[C@H](NC(=O)[C@H](C(C)C)N(C)C(=O)[C@@H]1OCC[C@@H]1c1ccccc1)C(=O)N1CCC[C@H]([Si]N1)C(=O)OCC(C)(C)C2. The predicted octanol–water partition coefficient (Wildman–Crippen LogP) is 7.41. The van der Waals surface area contributed by atoms with Crippen molar-refractivity contribution in [2.24, 2.45) is 11.3 Å². The van der Waals surface area contributed by atoms with Gasteiger partial charge in [0.15, 0.2) is 9.68 Å². The number of hydrazine groups is 1. The predicted molar refractivity (Wildman–Crippen MR) is 269 cm³/mol. The van der Waals surface area contributed by atoms with Crippen LogP contribution in [0.2, 0.25) is 5.54 Å². The fourth-order valence-electron chi connectivity index (χ4n) is 10.3. The van der Waals surface area contributed by atoms with Gasteiger partial charge in [-0.1, -0.05) is 70.2 Å². The van der Waals surface area contributed by atoms with Gasteiger partial charge in [0.25, 0.3) is 11.8 Å². The lowest BCUT2D eigenvalue weighted by Gasteiger charge is -2.34. The van der Waals surface area contributed by atoms with Crippen LogP contribution < -0.4 is 10.4 Å². The number of ether oxygens (including phenoxy) is 3. The maximum atomic E-state index is 14.8. The van der Waals surface area contributed by atoms with Crippen molar-refractivity contribution in [3.8, 4) is 28.1 Å². The smallest absolute Gasteiger partial charge is 0.307 e. The molecular weight excluding hydrogens is 909 g/mol. The summed E-state index contributed by atoms with van der Waals surface area (Å²) in [6.07, 6.45) is 3.23. The zero-order valence-corrected chi connectivity index (χ0v) is 42.4. The maximum Gasteiger partial charge on any atom is 0.307 e. The van der Waals surface area contributed by atoms with Gasteiger partial charge >= 0.3 is 5.97 Å². The highest BCUT2D eigenvalue weighted by molar-refractivity contribution is 7.80. The number of pyridine rings is 1. The van der Waals surface area contributed by atoms with Crippen LogP contribution >= 0.6 is 12.6 Å². The van der Waals surface area contributed by atoms with Crippen LogP contribution in [0.1, 0.15) is 87.6 Å². The number of carbonyl (C=O) groups is 4. The van der Waals surface area contributed by atoms with Gasteiger partial charge in [-0.25, -0.2) is 0 Å². The second kappa shape index (κ2) is 21.2. The van der Waals surface area contributed by atoms with Crippen molar-refractivity contribution in [1.29, 1.82) is 0 Å². The highest BCUT2D eigenvalue weighted by Crippen LogP contribution is 2.43. The molecule has 0 spiro atoms. The number of nitrogens with one attached hydrogen (secondary N) is 2. The zero-order valence-electron chi connectivity index (χ0n) is 40.5. The molecule has 5 heterocycles. The topological polar surface area (TPSA) is 165 Å². The Bertz CT molecular complexity index is 2700. The van der Waals surface area contributed by atoms with E-state index in [9.17, 15) is 24.3 Å². The van der Waals surface area contributed by atoms with Gasteiger partial charge in [-0.3, -0.25) is 34.3 Å². The lowest BCUT2D eigenvalue weighted by molar-refractivity contribution is -0.149. The summed E-state index contributed by atoms with van der Waals surface area (Å²) in [4.78, 5) is 64.0. The summed E-state index contributed by atoms with van der Waals surface area (Å²) in [7, 11) is 3.06. The lowest BCUT2D eigenvalue weighted by atomic mass is 9.84. The first-order valence-corrected chi connectivity index (χ1v) is 25.6. The molecule has 364 valence electrons. The van der Waals surface area contributed by atoms with Crippen molar-refractivity contribution in [2.75, 3.05) is 33.9 Å². The van der Waals surface area contributed by atoms with Gasteiger partial charge in [-0.15, -0.1) is 12.6 Å². The number of aromatic nitrogens is 2. The van der Waals surface area contributed by atoms with E-state index >= 15 is 0 Å². The second-order valence-corrected chi connectivity index (χ2v) is 21.3. The zero-order chi connectivity index (χ0) is 49.1. The Morgan fingerprint density at radius 3 is 2.58 bits per heavy atom. The molecule has 3 aliphatic heterocycles. The third-order valence-corrected chi connectivity index (χ3v) is 15.4. The summed E-state index contributed by atoms with van der Waals surface area (Å²) in [5.41, 5.74) is 6.13. The Morgan fingerprint density at radius 2 is 1.84 bits per heavy atom. The quantitative estimate of drug-likeness (QED) is 0.0480. The average molecular weight is 973 g/mol. The molecule has 2 aromatic heterocycles. The van der Waals surface area contributed by atoms with Crippen LogP contribution in [0.5, 0.6) is 5.75 Å². The number of likely N-dealkylation sites (N-methyl/N-ethyl adjacent to an activating group) is 1. The summed E-state index contributed by atoms with van der Waals surface area (Å²) < 4.78 is 20.2. The van der Waals surface area contributed by atoms with Gasteiger partial charge in [-0.2, -0.15) is 0 Å². The molecule has 1 unspecified atom stereocenters. The number of fused-ring (bicyclic) bond motifs is 7. The van der Waals surface area contributed by atoms with E-state index < -0.39 is 46.4 Å². The molecule has 16 heteroatoms. The highest BCUT2D eigenvalue weighted by Gasteiger charge is 2.42. The van der Waals surface area contributed by atoms with Crippen molar-refractivity contribution in [2.45, 2.75) is 108 Å². The Hall–Kier alpha value is -5.52. The van der Waals surface area contributed by atoms with Crippen LogP contribution in [0.3, 0.4) is 0 Å². The summed E-state index contributed by atoms with van der Waals surface area (Å²) in [5.74, 6) is -2.03. The number of benzene rings is 3. The van der Waals surface area contributed by atoms with E-state index in [-0.39, 0.29) is 58.7 Å². The van der Waals surface area contributed by atoms with Gasteiger partial charge in [0.05, 0.1) is 23.5 Å². The van der Waals surface area contributed by atoms with Crippen LogP contribution in [0.25, 0.3) is 33.3 Å². The lowest BCUT2D eigenvalue weighted by Crippen LogP contribution is -2.59. The molecule has 2 saturated heterocycles. The normalized spacial score (nSPS) is 21.8. The van der Waals surface area contributed by atoms with E-state index in [1.165, 1.54) is 9.91 Å². The van der Waals surface area contributed by atoms with Gasteiger partial charge in [0, 0.05) is 74.3 Å². The van der Waals surface area contributed by atoms with E-state index in [0.29, 0.717) is 50.1 Å². The number of nitrogens with zero attached hydrogens (tertiary/aromatic N) is 4. The molecule has 5 aromatic rings. The minimum Gasteiger partial charge on any atom is -0.508 e. The number of amides is 3. The number of methoxy groups -OCH3 is 1. The van der Waals surface area contributed by atoms with Crippen LogP contribution in [0, 0.1) is 11.3 Å². The van der Waals surface area contributed by atoms with Crippen molar-refractivity contribution < 1.29 is 38.5 Å². The molecule has 3 aliphatic rings. The molecule has 69 heavy (non-hydrogen) atoms. The van der Waals surface area contributed by atoms with Crippen molar-refractivity contribution >= 4 is 56.9 Å². The fourth-order valence-corrected chi connectivity index (χ4v) is 11.6. The summed E-state index contributed by atoms with van der Waals surface area (Å²) in [6.45, 7) is 11.5. The van der Waals surface area contributed by atoms with Gasteiger partial charge in [0.2, 0.25) is 5.91 Å². The maximum absolute atomic E-state index is 14.8. The second-order valence-electron chi connectivity index (χ2n) is 19.6. The Balaban J connectivity index is 1.20. The fraction of sp³-hybridized carbons (Fsp3) is 0.453. The Kier molecular flexibility index (Phi) is 15.3. The van der Waals surface area contributed by atoms with Gasteiger partial charge in [-0.05, 0) is 103 Å². The number of aryl methyl sites for hydroxylation is 1. The van der Waals surface area contributed by atoms with Crippen LogP contribution in [0.15, 0.2) is 85.1 Å². The number of esters is 1. The third-order valence-electron chi connectivity index (χ3n) is 13.7. The Morgan fingerprint density at radius 1 is 1.06 bits per heavy atom. The third kappa shape index (κ3) is 10.7. The molecular formula is C53H64N6O8SSi. The average Bonchev–Trinajstić information content (AvgIpc) is 3.85. The monoisotopic (exact) mass is 972 g/mol. The standard InChI is InChI=1S/C53H64N6O8SSi/c1-8-58-42-19-18-34-28-39(42)40(46(58)38-16-12-21-54-44(38)52(68)65-7)29-53(4,5)30-67-51(64)43-17-13-22-59(56-69-43)49(62)41(26-32-24-35(34)27-36(60)25-32)55-48(61)45(31(2)3)57(6)50(63)47-37(20-23-66-47)33-14-10-9-11-15-33/h9-12,14-16,18-19,21,24-25,27-28,31,37,41,43,45,47,52,56,60,68H,8,13,17,20,22-23,26,29-30H2,1-7H3,(H,55,61)/t37-,41+,43+,45+,47-,52?/m1/s1. The minimum absolute atomic E-state index is 0.00128. The molecule has 3 amide bonds. The minimum atomic E-state index is -1.12. The van der Waals surface area contributed by atoms with E-state index in [1.807, 2.05) is 68.4 Å². The van der Waals surface area contributed by atoms with E-state index in [4.69, 9.17) is 31.8 Å². The number of carbonyl (C=O) groups excluding carboxylic acids is 4. The number of hydrogen-bond acceptors (Lipinski definition) is 11. The molecule has 6 bridgehead atoms. The van der Waals surface area contributed by atoms with Crippen molar-refractivity contribution in [3.63, 3.8) is 0 Å². The number of aromatic hydroxyl groups is 1. The first-order valence-electron chi connectivity index (χ1n) is 24.0. The molecule has 3 N–H and O–H groups in total. The molecule has 0 aliphatic carbocycles. The van der Waals surface area contributed by atoms with Crippen LogP contribution in [-0.4, -0.2) is 110 Å². The van der Waals surface area contributed by atoms with E-state index in [2.05, 4.69) is 47.9 Å². The highest BCUT2D eigenvalue weighted by atomic mass is 32.1. The first kappa shape index (κ1) is 49.9. The van der Waals surface area contributed by atoms with Crippen molar-refractivity contribution in [1.82, 2.24) is 29.9 Å². The molecule has 2 radical (unpaired) electrons. The number of thiol groups is 1. The summed E-state index contributed by atoms with van der Waals surface area (Å²) in [5, 5.41) is 20.2.